The van der Waals surface area contributed by atoms with Crippen molar-refractivity contribution >= 4 is 23.5 Å². The molecule has 2 rings (SSSR count). The fourth-order valence-electron chi connectivity index (χ4n) is 1.44. The fourth-order valence-corrected chi connectivity index (χ4v) is 1.58. The molecule has 4 heteroatoms. The van der Waals surface area contributed by atoms with Crippen LogP contribution in [-0.2, 0) is 0 Å². The van der Waals surface area contributed by atoms with Gasteiger partial charge in [-0.05, 0) is 24.3 Å². The molecule has 0 aliphatic heterocycles. The van der Waals surface area contributed by atoms with Crippen LogP contribution in [0.3, 0.4) is 0 Å². The van der Waals surface area contributed by atoms with Crippen molar-refractivity contribution in [2.45, 2.75) is 0 Å². The van der Waals surface area contributed by atoms with Crippen LogP contribution in [0.15, 0.2) is 54.6 Å². The molecule has 0 heterocycles. The molecule has 1 N–H and O–H groups in total. The lowest BCUT2D eigenvalue weighted by Crippen LogP contribution is -2.12. The SMILES string of the molecule is O=C(Nc1ccccc1)c1ccccc1OCl. The summed E-state index contributed by atoms with van der Waals surface area (Å²) in [6.45, 7) is 0. The summed E-state index contributed by atoms with van der Waals surface area (Å²) in [4.78, 5) is 11.9. The number of para-hydroxylation sites is 2. The van der Waals surface area contributed by atoms with E-state index in [0.29, 0.717) is 11.3 Å². The van der Waals surface area contributed by atoms with E-state index in [1.807, 2.05) is 30.3 Å². The molecule has 1 amide bonds. The highest BCUT2D eigenvalue weighted by molar-refractivity contribution is 6.11. The lowest BCUT2D eigenvalue weighted by Gasteiger charge is -2.07. The standard InChI is InChI=1S/C13H10ClNO2/c14-17-12-9-5-4-8-11(12)13(16)15-10-6-2-1-3-7-10/h1-9H,(H,15,16). The van der Waals surface area contributed by atoms with Gasteiger partial charge < -0.3 is 9.61 Å². The van der Waals surface area contributed by atoms with Crippen LogP contribution < -0.4 is 9.61 Å². The van der Waals surface area contributed by atoms with Crippen LogP contribution in [0.2, 0.25) is 0 Å². The van der Waals surface area contributed by atoms with E-state index in [1.165, 1.54) is 0 Å². The van der Waals surface area contributed by atoms with Crippen LogP contribution in [0.4, 0.5) is 5.69 Å². The number of halogens is 1. The zero-order chi connectivity index (χ0) is 12.1. The van der Waals surface area contributed by atoms with Gasteiger partial charge in [0.2, 0.25) is 0 Å². The number of benzene rings is 2. The van der Waals surface area contributed by atoms with Gasteiger partial charge in [-0.1, -0.05) is 30.3 Å². The molecule has 17 heavy (non-hydrogen) atoms. The number of carbonyl (C=O) groups excluding carboxylic acids is 1. The van der Waals surface area contributed by atoms with Crippen molar-refractivity contribution in [3.8, 4) is 5.75 Å². The van der Waals surface area contributed by atoms with E-state index in [1.54, 1.807) is 24.3 Å². The second-order valence-electron chi connectivity index (χ2n) is 3.39. The summed E-state index contributed by atoms with van der Waals surface area (Å²) in [6.07, 6.45) is 0. The zero-order valence-corrected chi connectivity index (χ0v) is 9.65. The average molecular weight is 248 g/mol. The molecule has 2 aromatic carbocycles. The third-order valence-electron chi connectivity index (χ3n) is 2.25. The molecule has 0 bridgehead atoms. The highest BCUT2D eigenvalue weighted by atomic mass is 35.5. The monoisotopic (exact) mass is 247 g/mol. The third-order valence-corrected chi connectivity index (χ3v) is 2.41. The van der Waals surface area contributed by atoms with Crippen LogP contribution in [0.25, 0.3) is 0 Å². The van der Waals surface area contributed by atoms with Crippen molar-refractivity contribution in [1.29, 1.82) is 0 Å². The average Bonchev–Trinajstić information content (AvgIpc) is 2.40. The van der Waals surface area contributed by atoms with E-state index >= 15 is 0 Å². The first kappa shape index (κ1) is 11.5. The molecule has 0 unspecified atom stereocenters. The molecule has 0 aliphatic rings. The third kappa shape index (κ3) is 2.77. The highest BCUT2D eigenvalue weighted by Crippen LogP contribution is 2.20. The van der Waals surface area contributed by atoms with Crippen molar-refractivity contribution in [2.24, 2.45) is 0 Å². The van der Waals surface area contributed by atoms with Gasteiger partial charge in [0.1, 0.15) is 11.9 Å². The Hall–Kier alpha value is -2.00. The first-order valence-electron chi connectivity index (χ1n) is 5.05. The number of carbonyl (C=O) groups is 1. The zero-order valence-electron chi connectivity index (χ0n) is 8.89. The molecule has 0 aromatic heterocycles. The van der Waals surface area contributed by atoms with Crippen LogP contribution in [0.5, 0.6) is 5.75 Å². The maximum atomic E-state index is 11.9. The number of amides is 1. The Bertz CT molecular complexity index is 514. The molecular formula is C13H10ClNO2. The number of rotatable bonds is 3. The quantitative estimate of drug-likeness (QED) is 0.902. The van der Waals surface area contributed by atoms with Crippen LogP contribution >= 0.6 is 11.9 Å². The molecule has 0 saturated heterocycles. The number of hydrogen-bond acceptors (Lipinski definition) is 2. The van der Waals surface area contributed by atoms with Crippen molar-refractivity contribution in [3.05, 3.63) is 60.2 Å². The molecule has 86 valence electrons. The topological polar surface area (TPSA) is 38.3 Å². The minimum atomic E-state index is -0.257. The second-order valence-corrected chi connectivity index (χ2v) is 3.55. The van der Waals surface area contributed by atoms with Crippen molar-refractivity contribution in [2.75, 3.05) is 5.32 Å². The molecule has 3 nitrogen and oxygen atoms in total. The summed E-state index contributed by atoms with van der Waals surface area (Å²) in [5.41, 5.74) is 1.12. The molecule has 0 atom stereocenters. The van der Waals surface area contributed by atoms with Crippen molar-refractivity contribution in [1.82, 2.24) is 0 Å². The van der Waals surface area contributed by atoms with E-state index in [-0.39, 0.29) is 5.91 Å². The Morgan fingerprint density at radius 3 is 2.35 bits per heavy atom. The highest BCUT2D eigenvalue weighted by Gasteiger charge is 2.11. The lowest BCUT2D eigenvalue weighted by molar-refractivity contribution is 0.102. The van der Waals surface area contributed by atoms with E-state index < -0.39 is 0 Å². The van der Waals surface area contributed by atoms with Gasteiger partial charge in [-0.2, -0.15) is 0 Å². The predicted octanol–water partition coefficient (Wildman–Crippen LogP) is 3.47. The normalized spacial score (nSPS) is 9.71. The Morgan fingerprint density at radius 1 is 1.00 bits per heavy atom. The van der Waals surface area contributed by atoms with Gasteiger partial charge >= 0.3 is 0 Å². The van der Waals surface area contributed by atoms with Crippen molar-refractivity contribution in [3.63, 3.8) is 0 Å². The van der Waals surface area contributed by atoms with Crippen LogP contribution in [-0.4, -0.2) is 5.91 Å². The van der Waals surface area contributed by atoms with E-state index in [2.05, 4.69) is 9.61 Å². The van der Waals surface area contributed by atoms with E-state index in [4.69, 9.17) is 11.9 Å². The Kier molecular flexibility index (Phi) is 3.62. The molecule has 0 spiro atoms. The molecular weight excluding hydrogens is 238 g/mol. The molecule has 0 saturated carbocycles. The summed E-state index contributed by atoms with van der Waals surface area (Å²) in [5.74, 6) is 0.0787. The van der Waals surface area contributed by atoms with E-state index in [0.717, 1.165) is 5.69 Å². The molecule has 2 aromatic rings. The maximum absolute atomic E-state index is 11.9. The van der Waals surface area contributed by atoms with Gasteiger partial charge in [-0.3, -0.25) is 4.79 Å². The first-order valence-corrected chi connectivity index (χ1v) is 5.36. The minimum Gasteiger partial charge on any atom is -0.385 e. The summed E-state index contributed by atoms with van der Waals surface area (Å²) in [6, 6.07) is 16.0. The first-order chi connectivity index (χ1) is 8.31. The molecule has 0 aliphatic carbocycles. The van der Waals surface area contributed by atoms with Gasteiger partial charge in [0.25, 0.3) is 5.91 Å². The fraction of sp³-hybridized carbons (Fsp3) is 0. The van der Waals surface area contributed by atoms with Gasteiger partial charge in [-0.15, -0.1) is 0 Å². The Morgan fingerprint density at radius 2 is 1.65 bits per heavy atom. The number of nitrogens with one attached hydrogen (secondary N) is 1. The summed E-state index contributed by atoms with van der Waals surface area (Å²) in [5, 5.41) is 2.76. The lowest BCUT2D eigenvalue weighted by atomic mass is 10.2. The van der Waals surface area contributed by atoms with Crippen molar-refractivity contribution < 1.29 is 9.08 Å². The second kappa shape index (κ2) is 5.37. The molecule has 0 radical (unpaired) electrons. The van der Waals surface area contributed by atoms with Gasteiger partial charge in [0.05, 0.1) is 5.56 Å². The van der Waals surface area contributed by atoms with Gasteiger partial charge in [-0.25, -0.2) is 0 Å². The largest absolute Gasteiger partial charge is 0.385 e. The number of hydrogen-bond donors (Lipinski definition) is 1. The summed E-state index contributed by atoms with van der Waals surface area (Å²) in [7, 11) is 0. The summed E-state index contributed by atoms with van der Waals surface area (Å²) >= 11 is 5.30. The Labute approximate surface area is 104 Å². The smallest absolute Gasteiger partial charge is 0.259 e. The molecule has 0 fully saturated rings. The number of anilines is 1. The Balaban J connectivity index is 2.20. The minimum absolute atomic E-state index is 0.257. The van der Waals surface area contributed by atoms with E-state index in [9.17, 15) is 4.79 Å². The predicted molar refractivity (Wildman–Crippen MR) is 67.3 cm³/mol. The van der Waals surface area contributed by atoms with Crippen LogP contribution in [0, 0.1) is 0 Å². The summed E-state index contributed by atoms with van der Waals surface area (Å²) < 4.78 is 4.62. The van der Waals surface area contributed by atoms with Gasteiger partial charge in [0.15, 0.2) is 5.75 Å². The van der Waals surface area contributed by atoms with Gasteiger partial charge in [0, 0.05) is 5.69 Å². The maximum Gasteiger partial charge on any atom is 0.259 e. The van der Waals surface area contributed by atoms with Crippen LogP contribution in [0.1, 0.15) is 10.4 Å².